The van der Waals surface area contributed by atoms with Gasteiger partial charge in [0.05, 0.1) is 24.5 Å². The third kappa shape index (κ3) is 4.04. The zero-order valence-corrected chi connectivity index (χ0v) is 18.1. The predicted molar refractivity (Wildman–Crippen MR) is 126 cm³/mol. The topological polar surface area (TPSA) is 79.0 Å². The van der Waals surface area contributed by atoms with Crippen LogP contribution in [0.4, 0.5) is 5.69 Å². The van der Waals surface area contributed by atoms with Crippen molar-refractivity contribution in [3.63, 3.8) is 0 Å². The fourth-order valence-electron chi connectivity index (χ4n) is 3.88. The Hall–Kier alpha value is -3.58. The van der Waals surface area contributed by atoms with Crippen LogP contribution in [0, 0.1) is 0 Å². The van der Waals surface area contributed by atoms with Crippen molar-refractivity contribution in [2.45, 2.75) is 5.66 Å². The number of aromatic nitrogens is 1. The number of hydrogen-bond donors (Lipinski definition) is 2. The third-order valence-electron chi connectivity index (χ3n) is 5.44. The van der Waals surface area contributed by atoms with Crippen LogP contribution in [-0.4, -0.2) is 55.0 Å². The second-order valence-corrected chi connectivity index (χ2v) is 7.77. The molecule has 1 aromatic heterocycles. The molecule has 1 aliphatic rings. The van der Waals surface area contributed by atoms with E-state index in [2.05, 4.69) is 37.2 Å². The fourth-order valence-corrected chi connectivity index (χ4v) is 3.88. The Balaban J connectivity index is 1.85. The van der Waals surface area contributed by atoms with Gasteiger partial charge in [-0.1, -0.05) is 36.4 Å². The van der Waals surface area contributed by atoms with Gasteiger partial charge in [0.2, 0.25) is 0 Å². The number of benzene rings is 2. The Kier molecular flexibility index (Phi) is 5.77. The molecular formula is C24H28N6O. The quantitative estimate of drug-likeness (QED) is 0.616. The summed E-state index contributed by atoms with van der Waals surface area (Å²) in [6.07, 6.45) is 5.61. The number of guanidine groups is 1. The smallest absolute Gasteiger partial charge is 0.198 e. The zero-order valence-electron chi connectivity index (χ0n) is 18.1. The molecule has 1 unspecified atom stereocenters. The minimum absolute atomic E-state index is 0.441. The molecule has 2 heterocycles. The van der Waals surface area contributed by atoms with Gasteiger partial charge < -0.3 is 25.6 Å². The highest BCUT2D eigenvalue weighted by Crippen LogP contribution is 2.39. The molecule has 3 aromatic rings. The summed E-state index contributed by atoms with van der Waals surface area (Å²) in [7, 11) is 5.76. The maximum Gasteiger partial charge on any atom is 0.198 e. The monoisotopic (exact) mass is 416 g/mol. The number of nitrogens with one attached hydrogen (secondary N) is 1. The molecule has 31 heavy (non-hydrogen) atoms. The number of rotatable bonds is 7. The molecule has 7 nitrogen and oxygen atoms in total. The number of pyridine rings is 1. The van der Waals surface area contributed by atoms with E-state index in [9.17, 15) is 0 Å². The van der Waals surface area contributed by atoms with E-state index in [-0.39, 0.29) is 0 Å². The number of fused-ring (bicyclic) bond motifs is 1. The Morgan fingerprint density at radius 3 is 2.71 bits per heavy atom. The standard InChI is InChI=1S/C24H28N6O/c1-29(2)14-15-30-23(25)26-13-12-24(30,20-9-5-7-11-22(20)31-3)28-19-16-18-8-4-6-10-21(18)27-17-19/h4-13,16-17,28H,14-15H2,1-3H3,(H2,25,26). The number of nitrogens with zero attached hydrogens (tertiary/aromatic N) is 4. The van der Waals surface area contributed by atoms with Gasteiger partial charge in [-0.25, -0.2) is 4.99 Å². The summed E-state index contributed by atoms with van der Waals surface area (Å²) in [6, 6.07) is 18.1. The fraction of sp³-hybridized carbons (Fsp3) is 0.250. The maximum absolute atomic E-state index is 6.42. The van der Waals surface area contributed by atoms with Crippen LogP contribution in [0.15, 0.2) is 78.1 Å². The van der Waals surface area contributed by atoms with E-state index >= 15 is 0 Å². The first-order valence-corrected chi connectivity index (χ1v) is 10.2. The highest BCUT2D eigenvalue weighted by molar-refractivity contribution is 5.84. The van der Waals surface area contributed by atoms with Crippen molar-refractivity contribution in [3.8, 4) is 5.75 Å². The van der Waals surface area contributed by atoms with Crippen LogP contribution in [0.25, 0.3) is 10.9 Å². The highest BCUT2D eigenvalue weighted by Gasteiger charge is 2.41. The highest BCUT2D eigenvalue weighted by atomic mass is 16.5. The molecule has 0 amide bonds. The normalized spacial score (nSPS) is 18.3. The van der Waals surface area contributed by atoms with E-state index in [0.29, 0.717) is 12.5 Å². The number of aliphatic imine (C=N–C) groups is 1. The molecule has 0 spiro atoms. The Morgan fingerprint density at radius 1 is 1.13 bits per heavy atom. The van der Waals surface area contributed by atoms with Crippen LogP contribution >= 0.6 is 0 Å². The summed E-state index contributed by atoms with van der Waals surface area (Å²) >= 11 is 0. The Bertz CT molecular complexity index is 1130. The lowest BCUT2D eigenvalue weighted by Crippen LogP contribution is -2.58. The first kappa shape index (κ1) is 20.7. The van der Waals surface area contributed by atoms with Gasteiger partial charge in [0.15, 0.2) is 11.6 Å². The van der Waals surface area contributed by atoms with E-state index in [1.807, 2.05) is 68.8 Å². The minimum atomic E-state index is -0.793. The van der Waals surface area contributed by atoms with Gasteiger partial charge in [0.1, 0.15) is 5.75 Å². The number of hydrogen-bond acceptors (Lipinski definition) is 7. The van der Waals surface area contributed by atoms with Crippen LogP contribution in [0.3, 0.4) is 0 Å². The summed E-state index contributed by atoms with van der Waals surface area (Å²) < 4.78 is 5.73. The summed E-state index contributed by atoms with van der Waals surface area (Å²) in [6.45, 7) is 1.47. The predicted octanol–water partition coefficient (Wildman–Crippen LogP) is 3.21. The molecule has 1 atom stereocenters. The lowest BCUT2D eigenvalue weighted by molar-refractivity contribution is 0.222. The number of anilines is 1. The molecule has 0 bridgehead atoms. The zero-order chi connectivity index (χ0) is 21.8. The summed E-state index contributed by atoms with van der Waals surface area (Å²) in [5.41, 5.74) is 8.40. The number of methoxy groups -OCH3 is 1. The van der Waals surface area contributed by atoms with Crippen molar-refractivity contribution >= 4 is 22.5 Å². The van der Waals surface area contributed by atoms with Gasteiger partial charge >= 0.3 is 0 Å². The van der Waals surface area contributed by atoms with Crippen molar-refractivity contribution in [1.29, 1.82) is 0 Å². The molecule has 0 saturated heterocycles. The average molecular weight is 417 g/mol. The van der Waals surface area contributed by atoms with Gasteiger partial charge in [-0.05, 0) is 38.4 Å². The average Bonchev–Trinajstić information content (AvgIpc) is 2.78. The number of nitrogens with two attached hydrogens (primary N) is 1. The SMILES string of the molecule is COc1ccccc1C1(Nc2cnc3ccccc3c2)C=CN=C(N)N1CCN(C)C. The van der Waals surface area contributed by atoms with Gasteiger partial charge in [-0.15, -0.1) is 0 Å². The lowest BCUT2D eigenvalue weighted by atomic mass is 9.94. The van der Waals surface area contributed by atoms with E-state index in [4.69, 9.17) is 10.5 Å². The van der Waals surface area contributed by atoms with Crippen molar-refractivity contribution in [3.05, 3.63) is 78.6 Å². The Morgan fingerprint density at radius 2 is 1.90 bits per heavy atom. The van der Waals surface area contributed by atoms with Crippen LogP contribution in [0.1, 0.15) is 5.56 Å². The number of para-hydroxylation sites is 2. The third-order valence-corrected chi connectivity index (χ3v) is 5.44. The van der Waals surface area contributed by atoms with Gasteiger partial charge in [-0.3, -0.25) is 4.98 Å². The van der Waals surface area contributed by atoms with Crippen molar-refractivity contribution < 1.29 is 4.74 Å². The first-order chi connectivity index (χ1) is 15.0. The van der Waals surface area contributed by atoms with Crippen molar-refractivity contribution in [1.82, 2.24) is 14.8 Å². The second kappa shape index (κ2) is 8.65. The summed E-state index contributed by atoms with van der Waals surface area (Å²) in [5.74, 6) is 1.20. The molecule has 3 N–H and O–H groups in total. The second-order valence-electron chi connectivity index (χ2n) is 7.77. The first-order valence-electron chi connectivity index (χ1n) is 10.2. The van der Waals surface area contributed by atoms with Gasteiger partial charge in [0, 0.05) is 30.2 Å². The molecule has 0 fully saturated rings. The molecule has 160 valence electrons. The van der Waals surface area contributed by atoms with E-state index in [1.54, 1.807) is 13.3 Å². The van der Waals surface area contributed by atoms with Crippen LogP contribution in [-0.2, 0) is 5.66 Å². The molecule has 2 aromatic carbocycles. The van der Waals surface area contributed by atoms with Crippen molar-refractivity contribution in [2.24, 2.45) is 10.7 Å². The van der Waals surface area contributed by atoms with Crippen LogP contribution in [0.2, 0.25) is 0 Å². The molecule has 4 rings (SSSR count). The van der Waals surface area contributed by atoms with Gasteiger partial charge in [0.25, 0.3) is 0 Å². The molecular weight excluding hydrogens is 388 g/mol. The summed E-state index contributed by atoms with van der Waals surface area (Å²) in [4.78, 5) is 13.2. The largest absolute Gasteiger partial charge is 0.496 e. The summed E-state index contributed by atoms with van der Waals surface area (Å²) in [5, 5.41) is 4.76. The Labute approximate surface area is 182 Å². The lowest BCUT2D eigenvalue weighted by Gasteiger charge is -2.46. The molecule has 7 heteroatoms. The maximum atomic E-state index is 6.42. The minimum Gasteiger partial charge on any atom is -0.496 e. The van der Waals surface area contributed by atoms with E-state index in [0.717, 1.165) is 34.4 Å². The van der Waals surface area contributed by atoms with Crippen molar-refractivity contribution in [2.75, 3.05) is 39.6 Å². The van der Waals surface area contributed by atoms with E-state index < -0.39 is 5.66 Å². The molecule has 1 aliphatic heterocycles. The van der Waals surface area contributed by atoms with E-state index in [1.165, 1.54) is 0 Å². The molecule has 0 saturated carbocycles. The van der Waals surface area contributed by atoms with Crippen LogP contribution in [0.5, 0.6) is 5.75 Å². The number of ether oxygens (including phenoxy) is 1. The number of likely N-dealkylation sites (N-methyl/N-ethyl adjacent to an activating group) is 1. The molecule has 0 aliphatic carbocycles. The van der Waals surface area contributed by atoms with Gasteiger partial charge in [-0.2, -0.15) is 0 Å². The van der Waals surface area contributed by atoms with Crippen LogP contribution < -0.4 is 15.8 Å². The molecule has 0 radical (unpaired) electrons.